The van der Waals surface area contributed by atoms with E-state index >= 15 is 0 Å². The Balaban J connectivity index is 2.02. The van der Waals surface area contributed by atoms with Gasteiger partial charge in [-0.25, -0.2) is 14.3 Å². The number of carbonyl (C=O) groups is 1. The Morgan fingerprint density at radius 1 is 1.33 bits per heavy atom. The first kappa shape index (κ1) is 16.3. The lowest BCUT2D eigenvalue weighted by Gasteiger charge is -2.20. The molecule has 0 saturated heterocycles. The third kappa shape index (κ3) is 2.92. The van der Waals surface area contributed by atoms with Crippen molar-refractivity contribution >= 4 is 11.5 Å². The van der Waals surface area contributed by atoms with Crippen LogP contribution in [0.1, 0.15) is 29.0 Å². The number of benzene rings is 1. The van der Waals surface area contributed by atoms with Gasteiger partial charge in [-0.15, -0.1) is 0 Å². The number of allylic oxidation sites excluding steroid dienone is 1. The van der Waals surface area contributed by atoms with E-state index in [4.69, 9.17) is 5.21 Å². The summed E-state index contributed by atoms with van der Waals surface area (Å²) in [6, 6.07) is 6.06. The van der Waals surface area contributed by atoms with Crippen molar-refractivity contribution in [3.05, 3.63) is 71.1 Å². The highest BCUT2D eigenvalue weighted by molar-refractivity contribution is 5.86. The maximum Gasteiger partial charge on any atom is 0.250 e. The second-order valence-corrected chi connectivity index (χ2v) is 5.85. The van der Waals surface area contributed by atoms with Gasteiger partial charge in [0.15, 0.2) is 0 Å². The van der Waals surface area contributed by atoms with Crippen LogP contribution in [0.5, 0.6) is 0 Å². The molecule has 6 heteroatoms. The topological polar surface area (TPSA) is 62.2 Å². The maximum absolute atomic E-state index is 13.9. The number of hydrogen-bond acceptors (Lipinski definition) is 3. The summed E-state index contributed by atoms with van der Waals surface area (Å²) in [6.45, 7) is 1.65. The Kier molecular flexibility index (Phi) is 4.40. The van der Waals surface area contributed by atoms with Crippen LogP contribution in [0, 0.1) is 24.5 Å². The van der Waals surface area contributed by atoms with Gasteiger partial charge in [-0.1, -0.05) is 18.2 Å². The van der Waals surface area contributed by atoms with Crippen LogP contribution in [0.15, 0.2) is 42.7 Å². The van der Waals surface area contributed by atoms with E-state index in [0.29, 0.717) is 23.1 Å². The van der Waals surface area contributed by atoms with Crippen molar-refractivity contribution in [1.82, 2.24) is 10.5 Å². The molecule has 24 heavy (non-hydrogen) atoms. The van der Waals surface area contributed by atoms with E-state index in [-0.39, 0.29) is 11.7 Å². The van der Waals surface area contributed by atoms with Crippen LogP contribution >= 0.6 is 0 Å². The lowest BCUT2D eigenvalue weighted by atomic mass is 9.84. The number of hydroxylamine groups is 1. The van der Waals surface area contributed by atoms with Gasteiger partial charge in [-0.05, 0) is 47.7 Å². The molecule has 2 N–H and O–H groups in total. The summed E-state index contributed by atoms with van der Waals surface area (Å²) in [5.41, 5.74) is 4.13. The number of halogens is 2. The zero-order valence-corrected chi connectivity index (χ0v) is 13.0. The van der Waals surface area contributed by atoms with Gasteiger partial charge in [0, 0.05) is 12.1 Å². The Bertz CT molecular complexity index is 820. The van der Waals surface area contributed by atoms with Crippen molar-refractivity contribution in [1.29, 1.82) is 0 Å². The van der Waals surface area contributed by atoms with E-state index in [0.717, 1.165) is 11.8 Å². The van der Waals surface area contributed by atoms with Crippen molar-refractivity contribution in [2.45, 2.75) is 19.3 Å². The third-order valence-electron chi connectivity index (χ3n) is 4.45. The molecule has 1 aromatic heterocycles. The number of nitrogens with one attached hydrogen (secondary N) is 1. The Morgan fingerprint density at radius 2 is 2.12 bits per heavy atom. The number of amides is 1. The Labute approximate surface area is 137 Å². The maximum atomic E-state index is 13.9. The summed E-state index contributed by atoms with van der Waals surface area (Å²) >= 11 is 0. The molecule has 3 rings (SSSR count). The smallest absolute Gasteiger partial charge is 0.250 e. The summed E-state index contributed by atoms with van der Waals surface area (Å²) in [5.74, 6) is -2.42. The first-order valence-electron chi connectivity index (χ1n) is 7.52. The minimum Gasteiger partial charge on any atom is -0.289 e. The third-order valence-corrected chi connectivity index (χ3v) is 4.45. The zero-order chi connectivity index (χ0) is 17.3. The summed E-state index contributed by atoms with van der Waals surface area (Å²) in [5, 5.41) is 9.01. The van der Waals surface area contributed by atoms with Crippen molar-refractivity contribution in [2.24, 2.45) is 5.92 Å². The van der Waals surface area contributed by atoms with E-state index in [9.17, 15) is 13.6 Å². The fraction of sp³-hybridized carbons (Fsp3) is 0.222. The molecular formula is C18H16F2N2O2. The van der Waals surface area contributed by atoms with Gasteiger partial charge in [-0.3, -0.25) is 15.0 Å². The van der Waals surface area contributed by atoms with Gasteiger partial charge in [0.25, 0.3) is 5.91 Å². The number of carbonyl (C=O) groups excluding carboxylic acids is 1. The molecule has 2 atom stereocenters. The molecule has 0 radical (unpaired) electrons. The van der Waals surface area contributed by atoms with Crippen LogP contribution < -0.4 is 5.48 Å². The quantitative estimate of drug-likeness (QED) is 0.670. The number of hydrogen-bond donors (Lipinski definition) is 2. The van der Waals surface area contributed by atoms with Crippen LogP contribution in [0.3, 0.4) is 0 Å². The number of aromatic nitrogens is 1. The minimum absolute atomic E-state index is 0.342. The highest BCUT2D eigenvalue weighted by Gasteiger charge is 2.35. The van der Waals surface area contributed by atoms with Crippen LogP contribution in [-0.4, -0.2) is 16.1 Å². The highest BCUT2D eigenvalue weighted by atomic mass is 19.1. The van der Waals surface area contributed by atoms with E-state index in [1.165, 1.54) is 18.3 Å². The van der Waals surface area contributed by atoms with Crippen LogP contribution in [0.4, 0.5) is 8.78 Å². The molecule has 0 aliphatic heterocycles. The molecule has 0 spiro atoms. The normalized spacial score (nSPS) is 19.9. The number of nitrogens with zero attached hydrogens (tertiary/aromatic N) is 1. The first-order valence-corrected chi connectivity index (χ1v) is 7.52. The lowest BCUT2D eigenvalue weighted by Crippen LogP contribution is -2.29. The van der Waals surface area contributed by atoms with Crippen molar-refractivity contribution < 1.29 is 18.8 Å². The Morgan fingerprint density at radius 3 is 2.83 bits per heavy atom. The minimum atomic E-state index is -0.672. The van der Waals surface area contributed by atoms with Gasteiger partial charge in [0.05, 0.1) is 12.1 Å². The predicted octanol–water partition coefficient (Wildman–Crippen LogP) is 3.36. The van der Waals surface area contributed by atoms with Crippen LogP contribution in [-0.2, 0) is 4.79 Å². The molecule has 0 bridgehead atoms. The highest BCUT2D eigenvalue weighted by Crippen LogP contribution is 2.44. The van der Waals surface area contributed by atoms with E-state index in [1.54, 1.807) is 30.6 Å². The monoisotopic (exact) mass is 330 g/mol. The molecule has 1 amide bonds. The fourth-order valence-corrected chi connectivity index (χ4v) is 3.23. The van der Waals surface area contributed by atoms with Gasteiger partial charge in [0.1, 0.15) is 11.6 Å². The van der Waals surface area contributed by atoms with E-state index < -0.39 is 17.6 Å². The summed E-state index contributed by atoms with van der Waals surface area (Å²) in [6.07, 6.45) is 4.72. The second kappa shape index (κ2) is 6.49. The molecule has 1 aliphatic carbocycles. The van der Waals surface area contributed by atoms with Gasteiger partial charge < -0.3 is 0 Å². The molecule has 124 valence electrons. The summed E-state index contributed by atoms with van der Waals surface area (Å²) < 4.78 is 27.3. The van der Waals surface area contributed by atoms with E-state index in [2.05, 4.69) is 4.98 Å². The summed E-state index contributed by atoms with van der Waals surface area (Å²) in [7, 11) is 0. The molecule has 0 fully saturated rings. The predicted molar refractivity (Wildman–Crippen MR) is 84.1 cm³/mol. The lowest BCUT2D eigenvalue weighted by molar-refractivity contribution is -0.132. The molecule has 2 aromatic rings. The molecular weight excluding hydrogens is 314 g/mol. The van der Waals surface area contributed by atoms with E-state index in [1.807, 2.05) is 0 Å². The zero-order valence-electron chi connectivity index (χ0n) is 13.0. The Hall–Kier alpha value is -2.60. The largest absolute Gasteiger partial charge is 0.289 e. The summed E-state index contributed by atoms with van der Waals surface area (Å²) in [4.78, 5) is 15.9. The number of rotatable bonds is 3. The first-order chi connectivity index (χ1) is 11.5. The van der Waals surface area contributed by atoms with Gasteiger partial charge in [0.2, 0.25) is 0 Å². The second-order valence-electron chi connectivity index (χ2n) is 5.85. The van der Waals surface area contributed by atoms with Gasteiger partial charge in [-0.2, -0.15) is 0 Å². The van der Waals surface area contributed by atoms with Crippen molar-refractivity contribution in [3.8, 4) is 0 Å². The van der Waals surface area contributed by atoms with Crippen LogP contribution in [0.2, 0.25) is 0 Å². The molecule has 1 aliphatic rings. The standard InChI is InChI=1S/C18H16F2N2O2/c1-10-14(3-2-4-17(10)20)15-6-11(7-16(15)18(23)22-24)12-5-13(19)9-21-8-12/h2-5,7-9,15-16,24H,6H2,1H3,(H,22,23). The van der Waals surface area contributed by atoms with Gasteiger partial charge >= 0.3 is 0 Å². The average Bonchev–Trinajstić information content (AvgIpc) is 3.02. The molecule has 4 nitrogen and oxygen atoms in total. The van der Waals surface area contributed by atoms with Crippen LogP contribution in [0.25, 0.3) is 5.57 Å². The molecule has 2 unspecified atom stereocenters. The molecule has 0 saturated carbocycles. The number of pyridine rings is 1. The van der Waals surface area contributed by atoms with Crippen molar-refractivity contribution in [3.63, 3.8) is 0 Å². The fourth-order valence-electron chi connectivity index (χ4n) is 3.23. The van der Waals surface area contributed by atoms with Crippen molar-refractivity contribution in [2.75, 3.05) is 0 Å². The SMILES string of the molecule is Cc1c(F)cccc1C1CC(c2cncc(F)c2)=CC1C(=O)NO. The average molecular weight is 330 g/mol. The molecule has 1 heterocycles. The molecule has 1 aromatic carbocycles.